The standard InChI is InChI=1S/C44H51Cl4N5O5S2/c1-5-6-7-8-9-10-11-12-13-16-23-49-60(56,57)32-20-21-36(33(46)27-32)50-42-41(44(55)53(52-42)40-34(47)25-31(45)26-35(40)48)59-39-18-15-14-17-37(39)51-43(54)30(4)58-38-22-19-28(2)24-29(38)3/h14-15,17-22,24-27,30,41,49H,5-13,16,23H2,1-4H3,(H,50,52)(H,51,54). The molecule has 16 heteroatoms. The minimum Gasteiger partial charge on any atom is -0.481 e. The molecule has 0 bridgehead atoms. The Balaban J connectivity index is 1.33. The maximum absolute atomic E-state index is 14.3. The van der Waals surface area contributed by atoms with Crippen LogP contribution in [0.4, 0.5) is 17.1 Å². The second-order valence-electron chi connectivity index (χ2n) is 14.7. The van der Waals surface area contributed by atoms with Crippen LogP contribution in [0, 0.1) is 13.8 Å². The molecule has 3 N–H and O–H groups in total. The van der Waals surface area contributed by atoms with Gasteiger partial charge in [0.05, 0.1) is 31.3 Å². The van der Waals surface area contributed by atoms with Gasteiger partial charge in [-0.25, -0.2) is 23.1 Å². The van der Waals surface area contributed by atoms with Gasteiger partial charge < -0.3 is 10.1 Å². The van der Waals surface area contributed by atoms with Crippen LogP contribution in [0.25, 0.3) is 0 Å². The maximum Gasteiger partial charge on any atom is 0.267 e. The van der Waals surface area contributed by atoms with Gasteiger partial charge in [-0.1, -0.05) is 141 Å². The number of carbonyl (C=O) groups excluding carboxylic acids is 2. The Hall–Kier alpha value is -3.49. The first kappa shape index (κ1) is 47.6. The van der Waals surface area contributed by atoms with Gasteiger partial charge in [0.2, 0.25) is 10.0 Å². The summed E-state index contributed by atoms with van der Waals surface area (Å²) in [6.45, 7) is 8.09. The van der Waals surface area contributed by atoms with Crippen LogP contribution >= 0.6 is 58.2 Å². The summed E-state index contributed by atoms with van der Waals surface area (Å²) in [4.78, 5) is 33.0. The number of ether oxygens (including phenoxy) is 1. The molecule has 2 unspecified atom stereocenters. The molecule has 0 aliphatic carbocycles. The highest BCUT2D eigenvalue weighted by Gasteiger charge is 2.41. The number of unbranched alkanes of at least 4 members (excludes halogenated alkanes) is 9. The number of rotatable bonds is 21. The molecule has 1 aliphatic rings. The molecule has 322 valence electrons. The third kappa shape index (κ3) is 13.0. The molecule has 0 radical (unpaired) electrons. The summed E-state index contributed by atoms with van der Waals surface area (Å²) in [5.41, 5.74) is 5.82. The third-order valence-electron chi connectivity index (χ3n) is 9.81. The van der Waals surface area contributed by atoms with Crippen molar-refractivity contribution < 1.29 is 22.7 Å². The van der Waals surface area contributed by atoms with Crippen molar-refractivity contribution in [3.05, 3.63) is 104 Å². The number of anilines is 2. The van der Waals surface area contributed by atoms with Crippen LogP contribution in [0.1, 0.15) is 89.2 Å². The van der Waals surface area contributed by atoms with Gasteiger partial charge in [0, 0.05) is 16.5 Å². The lowest BCUT2D eigenvalue weighted by Gasteiger charge is -2.19. The van der Waals surface area contributed by atoms with Crippen molar-refractivity contribution in [3.63, 3.8) is 0 Å². The highest BCUT2D eigenvalue weighted by molar-refractivity contribution is 8.01. The average Bonchev–Trinajstić information content (AvgIpc) is 3.48. The van der Waals surface area contributed by atoms with Crippen molar-refractivity contribution in [2.75, 3.05) is 16.9 Å². The number of hydrogen-bond donors (Lipinski definition) is 3. The van der Waals surface area contributed by atoms with Gasteiger partial charge >= 0.3 is 0 Å². The topological polar surface area (TPSA) is 129 Å². The number of nitrogens with one attached hydrogen (secondary N) is 3. The summed E-state index contributed by atoms with van der Waals surface area (Å²) < 4.78 is 35.1. The molecule has 4 aromatic rings. The normalized spacial score (nSPS) is 15.3. The summed E-state index contributed by atoms with van der Waals surface area (Å²) >= 11 is 27.1. The first-order valence-electron chi connectivity index (χ1n) is 20.1. The zero-order chi connectivity index (χ0) is 43.4. The predicted octanol–water partition coefficient (Wildman–Crippen LogP) is 12.3. The number of hydrogen-bond acceptors (Lipinski definition) is 7. The number of amidine groups is 1. The van der Waals surface area contributed by atoms with E-state index in [1.54, 1.807) is 31.2 Å². The SMILES string of the molecule is CCCCCCCCCCCCNS(=O)(=O)c1ccc(N=C2NN(c3c(Cl)cc(Cl)cc3Cl)C(=O)C2Sc2ccccc2NC(=O)C(C)Oc2ccc(C)cc2C)c(Cl)c1. The molecular weight excluding hydrogens is 884 g/mol. The summed E-state index contributed by atoms with van der Waals surface area (Å²) in [6.07, 6.45) is 10.6. The number of halogens is 4. The molecule has 10 nitrogen and oxygen atoms in total. The molecule has 60 heavy (non-hydrogen) atoms. The minimum atomic E-state index is -3.85. The van der Waals surface area contributed by atoms with Crippen molar-refractivity contribution >= 4 is 103 Å². The number of thioether (sulfide) groups is 1. The van der Waals surface area contributed by atoms with Crippen molar-refractivity contribution in [1.29, 1.82) is 0 Å². The van der Waals surface area contributed by atoms with Crippen molar-refractivity contribution in [3.8, 4) is 5.75 Å². The van der Waals surface area contributed by atoms with Crippen LogP contribution in [-0.4, -0.2) is 44.0 Å². The Morgan fingerprint density at radius 1 is 0.867 bits per heavy atom. The average molecular weight is 936 g/mol. The lowest BCUT2D eigenvalue weighted by Crippen LogP contribution is -2.36. The van der Waals surface area contributed by atoms with Gasteiger partial charge in [0.25, 0.3) is 11.8 Å². The fourth-order valence-corrected chi connectivity index (χ4v) is 10.0. The Morgan fingerprint density at radius 3 is 2.17 bits per heavy atom. The zero-order valence-corrected chi connectivity index (χ0v) is 38.8. The van der Waals surface area contributed by atoms with Gasteiger partial charge in [-0.2, -0.15) is 0 Å². The van der Waals surface area contributed by atoms with Crippen LogP contribution in [0.3, 0.4) is 0 Å². The quantitative estimate of drug-likeness (QED) is 0.0710. The van der Waals surface area contributed by atoms with E-state index in [-0.39, 0.29) is 42.2 Å². The van der Waals surface area contributed by atoms with E-state index < -0.39 is 33.2 Å². The number of carbonyl (C=O) groups is 2. The van der Waals surface area contributed by atoms with E-state index in [1.165, 1.54) is 73.9 Å². The number of aryl methyl sites for hydroxylation is 2. The maximum atomic E-state index is 14.3. The molecule has 0 aromatic heterocycles. The first-order chi connectivity index (χ1) is 28.7. The van der Waals surface area contributed by atoms with Crippen LogP contribution in [-0.2, 0) is 19.6 Å². The van der Waals surface area contributed by atoms with E-state index in [0.29, 0.717) is 22.9 Å². The molecule has 1 heterocycles. The molecule has 1 saturated heterocycles. The van der Waals surface area contributed by atoms with E-state index in [4.69, 9.17) is 56.1 Å². The lowest BCUT2D eigenvalue weighted by molar-refractivity contribution is -0.122. The number of sulfonamides is 1. The Labute approximate surface area is 378 Å². The number of benzene rings is 4. The Bertz CT molecular complexity index is 2270. The van der Waals surface area contributed by atoms with Crippen molar-refractivity contribution in [2.24, 2.45) is 4.99 Å². The van der Waals surface area contributed by atoms with Crippen LogP contribution < -0.4 is 25.2 Å². The summed E-state index contributed by atoms with van der Waals surface area (Å²) in [5.74, 6) is -0.131. The molecule has 1 fully saturated rings. The molecule has 2 atom stereocenters. The summed E-state index contributed by atoms with van der Waals surface area (Å²) in [6, 6.07) is 19.9. The molecule has 2 amide bonds. The largest absolute Gasteiger partial charge is 0.481 e. The van der Waals surface area contributed by atoms with Gasteiger partial charge in [-0.15, -0.1) is 11.8 Å². The number of amides is 2. The number of para-hydroxylation sites is 1. The van der Waals surface area contributed by atoms with Gasteiger partial charge in [-0.05, 0) is 81.3 Å². The highest BCUT2D eigenvalue weighted by atomic mass is 35.5. The van der Waals surface area contributed by atoms with Crippen molar-refractivity contribution in [2.45, 2.75) is 113 Å². The van der Waals surface area contributed by atoms with E-state index in [9.17, 15) is 18.0 Å². The molecular formula is C44H51Cl4N5O5S2. The minimum absolute atomic E-state index is 0.00770. The van der Waals surface area contributed by atoms with Crippen LogP contribution in [0.2, 0.25) is 20.1 Å². The third-order valence-corrected chi connectivity index (χ3v) is 13.6. The molecule has 4 aromatic carbocycles. The van der Waals surface area contributed by atoms with E-state index in [0.717, 1.165) is 48.6 Å². The van der Waals surface area contributed by atoms with Gasteiger partial charge in [-0.3, -0.25) is 15.0 Å². The predicted molar refractivity (Wildman–Crippen MR) is 248 cm³/mol. The second kappa shape index (κ2) is 22.6. The number of nitrogens with zero attached hydrogens (tertiary/aromatic N) is 2. The highest BCUT2D eigenvalue weighted by Crippen LogP contribution is 2.41. The van der Waals surface area contributed by atoms with E-state index in [2.05, 4.69) is 22.4 Å². The Morgan fingerprint density at radius 2 is 1.52 bits per heavy atom. The molecule has 0 saturated carbocycles. The molecule has 0 spiro atoms. The second-order valence-corrected chi connectivity index (χ2v) is 19.3. The lowest BCUT2D eigenvalue weighted by atomic mass is 10.1. The fraction of sp³-hybridized carbons (Fsp3) is 0.386. The van der Waals surface area contributed by atoms with E-state index in [1.807, 2.05) is 32.0 Å². The summed E-state index contributed by atoms with van der Waals surface area (Å²) in [7, 11) is -3.85. The van der Waals surface area contributed by atoms with Gasteiger partial charge in [0.15, 0.2) is 6.10 Å². The zero-order valence-electron chi connectivity index (χ0n) is 34.1. The van der Waals surface area contributed by atoms with E-state index >= 15 is 0 Å². The smallest absolute Gasteiger partial charge is 0.267 e. The molecule has 1 aliphatic heterocycles. The number of aliphatic imine (C=N–C) groups is 1. The first-order valence-corrected chi connectivity index (χ1v) is 24.0. The Kier molecular flexibility index (Phi) is 17.9. The molecule has 5 rings (SSSR count). The van der Waals surface area contributed by atoms with Crippen LogP contribution in [0.15, 0.2) is 87.6 Å². The fourth-order valence-electron chi connectivity index (χ4n) is 6.55. The number of hydrazine groups is 1. The van der Waals surface area contributed by atoms with Crippen molar-refractivity contribution in [1.82, 2.24) is 10.1 Å². The van der Waals surface area contributed by atoms with Gasteiger partial charge in [0.1, 0.15) is 22.5 Å². The monoisotopic (exact) mass is 933 g/mol. The summed E-state index contributed by atoms with van der Waals surface area (Å²) in [5, 5.41) is 3.64. The van der Waals surface area contributed by atoms with Crippen LogP contribution in [0.5, 0.6) is 5.75 Å².